The van der Waals surface area contributed by atoms with E-state index in [1.54, 1.807) is 11.5 Å². The van der Waals surface area contributed by atoms with Crippen molar-refractivity contribution in [2.75, 3.05) is 0 Å². The summed E-state index contributed by atoms with van der Waals surface area (Å²) in [4.78, 5) is 0.301. The van der Waals surface area contributed by atoms with E-state index >= 15 is 0 Å². The second-order valence-corrected chi connectivity index (χ2v) is 9.59. The minimum Gasteiger partial charge on any atom is -0.424 e. The molecular formula is C23H29FN4O3S. The molecule has 172 valence electrons. The van der Waals surface area contributed by atoms with E-state index in [-0.39, 0.29) is 11.8 Å². The molecule has 3 aromatic rings. The predicted octanol–water partition coefficient (Wildman–Crippen LogP) is 4.81. The maximum atomic E-state index is 13.4. The third kappa shape index (κ3) is 4.40. The lowest BCUT2D eigenvalue weighted by atomic mass is 9.95. The SMILES string of the molecule is CCn1c(Oc2ccc(F)cc2)nnc1[C@@H](C)NS(=O)(=O)c1c(C)c(C)c(C)c(C)c1C. The predicted molar refractivity (Wildman–Crippen MR) is 121 cm³/mol. The lowest BCUT2D eigenvalue weighted by molar-refractivity contribution is 0.407. The van der Waals surface area contributed by atoms with Gasteiger partial charge in [-0.1, -0.05) is 5.10 Å². The van der Waals surface area contributed by atoms with Crippen LogP contribution in [0.3, 0.4) is 0 Å². The fourth-order valence-corrected chi connectivity index (χ4v) is 5.62. The summed E-state index contributed by atoms with van der Waals surface area (Å²) in [5.41, 5.74) is 4.51. The number of aromatic nitrogens is 3. The lowest BCUT2D eigenvalue weighted by Gasteiger charge is -2.21. The van der Waals surface area contributed by atoms with Crippen molar-refractivity contribution in [1.29, 1.82) is 0 Å². The maximum absolute atomic E-state index is 13.4. The average molecular weight is 461 g/mol. The topological polar surface area (TPSA) is 86.1 Å². The van der Waals surface area contributed by atoms with E-state index in [1.807, 2.05) is 41.5 Å². The van der Waals surface area contributed by atoms with Crippen LogP contribution in [0.4, 0.5) is 4.39 Å². The van der Waals surface area contributed by atoms with Gasteiger partial charge in [0.2, 0.25) is 10.0 Å². The van der Waals surface area contributed by atoms with Crippen LogP contribution in [0.25, 0.3) is 0 Å². The number of benzene rings is 2. The molecule has 1 N–H and O–H groups in total. The summed E-state index contributed by atoms with van der Waals surface area (Å²) in [7, 11) is -3.82. The molecule has 0 aliphatic heterocycles. The molecule has 0 saturated carbocycles. The summed E-state index contributed by atoms with van der Waals surface area (Å²) in [5, 5.41) is 8.23. The van der Waals surface area contributed by atoms with Crippen molar-refractivity contribution in [3.63, 3.8) is 0 Å². The Kier molecular flexibility index (Phi) is 6.71. The van der Waals surface area contributed by atoms with E-state index < -0.39 is 16.1 Å². The molecule has 1 atom stereocenters. The molecule has 7 nitrogen and oxygen atoms in total. The number of hydrogen-bond donors (Lipinski definition) is 1. The van der Waals surface area contributed by atoms with Crippen molar-refractivity contribution in [1.82, 2.24) is 19.5 Å². The number of halogens is 1. The first-order valence-corrected chi connectivity index (χ1v) is 11.9. The van der Waals surface area contributed by atoms with Crippen LogP contribution >= 0.6 is 0 Å². The number of ether oxygens (including phenoxy) is 1. The summed E-state index contributed by atoms with van der Waals surface area (Å²) < 4.78 is 50.0. The van der Waals surface area contributed by atoms with Gasteiger partial charge in [0.25, 0.3) is 0 Å². The maximum Gasteiger partial charge on any atom is 0.322 e. The van der Waals surface area contributed by atoms with E-state index in [0.717, 1.165) is 27.8 Å². The zero-order valence-corrected chi connectivity index (χ0v) is 20.3. The molecule has 0 aliphatic carbocycles. The Bertz CT molecular complexity index is 1220. The Balaban J connectivity index is 1.93. The molecule has 0 amide bonds. The van der Waals surface area contributed by atoms with E-state index in [0.29, 0.717) is 23.0 Å². The third-order valence-corrected chi connectivity index (χ3v) is 7.82. The number of hydrogen-bond acceptors (Lipinski definition) is 5. The fourth-order valence-electron chi connectivity index (χ4n) is 3.81. The second kappa shape index (κ2) is 8.99. The van der Waals surface area contributed by atoms with Crippen LogP contribution in [0.5, 0.6) is 11.8 Å². The Morgan fingerprint density at radius 1 is 0.969 bits per heavy atom. The normalized spacial score (nSPS) is 12.8. The van der Waals surface area contributed by atoms with Crippen molar-refractivity contribution in [3.05, 3.63) is 63.7 Å². The molecule has 0 saturated heterocycles. The van der Waals surface area contributed by atoms with E-state index in [2.05, 4.69) is 14.9 Å². The highest BCUT2D eigenvalue weighted by molar-refractivity contribution is 7.89. The zero-order valence-electron chi connectivity index (χ0n) is 19.4. The van der Waals surface area contributed by atoms with Crippen molar-refractivity contribution in [2.45, 2.75) is 65.9 Å². The van der Waals surface area contributed by atoms with Gasteiger partial charge in [0.15, 0.2) is 5.82 Å². The molecule has 3 rings (SSSR count). The molecule has 0 fully saturated rings. The second-order valence-electron chi connectivity index (χ2n) is 7.94. The van der Waals surface area contributed by atoms with E-state index in [1.165, 1.54) is 24.3 Å². The number of nitrogens with one attached hydrogen (secondary N) is 1. The van der Waals surface area contributed by atoms with Crippen LogP contribution in [0, 0.1) is 40.4 Å². The van der Waals surface area contributed by atoms with Crippen molar-refractivity contribution < 1.29 is 17.5 Å². The number of sulfonamides is 1. The molecule has 0 bridgehead atoms. The van der Waals surface area contributed by atoms with Gasteiger partial charge in [-0.15, -0.1) is 5.10 Å². The third-order valence-electron chi connectivity index (χ3n) is 6.00. The highest BCUT2D eigenvalue weighted by Gasteiger charge is 2.28. The van der Waals surface area contributed by atoms with Gasteiger partial charge in [-0.3, -0.25) is 4.57 Å². The van der Waals surface area contributed by atoms with Gasteiger partial charge in [-0.25, -0.2) is 17.5 Å². The smallest absolute Gasteiger partial charge is 0.322 e. The number of rotatable bonds is 7. The number of nitrogens with zero attached hydrogens (tertiary/aromatic N) is 3. The molecule has 32 heavy (non-hydrogen) atoms. The molecule has 0 unspecified atom stereocenters. The first kappa shape index (κ1) is 23.9. The van der Waals surface area contributed by atoms with Crippen LogP contribution in [0.1, 0.15) is 53.5 Å². The van der Waals surface area contributed by atoms with Crippen LogP contribution in [-0.2, 0) is 16.6 Å². The van der Waals surface area contributed by atoms with Gasteiger partial charge in [-0.2, -0.15) is 0 Å². The first-order chi connectivity index (χ1) is 15.0. The summed E-state index contributed by atoms with van der Waals surface area (Å²) in [6, 6.07) is 5.10. The van der Waals surface area contributed by atoms with Crippen molar-refractivity contribution in [3.8, 4) is 11.8 Å². The van der Waals surface area contributed by atoms with Crippen LogP contribution < -0.4 is 9.46 Å². The van der Waals surface area contributed by atoms with Gasteiger partial charge in [0.1, 0.15) is 11.6 Å². The molecule has 9 heteroatoms. The van der Waals surface area contributed by atoms with E-state index in [4.69, 9.17) is 4.74 Å². The molecule has 0 spiro atoms. The van der Waals surface area contributed by atoms with Gasteiger partial charge in [0.05, 0.1) is 10.9 Å². The Morgan fingerprint density at radius 3 is 2.03 bits per heavy atom. The standard InChI is InChI=1S/C23H29FN4O3S/c1-8-28-22(25-26-23(28)31-20-11-9-19(24)10-12-20)18(7)27-32(29,30)21-16(5)14(3)13(2)15(4)17(21)6/h9-12,18,27H,8H2,1-7H3/t18-/m1/s1. The van der Waals surface area contributed by atoms with Gasteiger partial charge in [0, 0.05) is 6.54 Å². The molecule has 1 aromatic heterocycles. The highest BCUT2D eigenvalue weighted by atomic mass is 32.2. The monoisotopic (exact) mass is 460 g/mol. The lowest BCUT2D eigenvalue weighted by Crippen LogP contribution is -2.30. The first-order valence-electron chi connectivity index (χ1n) is 10.4. The summed E-state index contributed by atoms with van der Waals surface area (Å²) in [5.74, 6) is 0.458. The molecule has 0 aliphatic rings. The molecule has 2 aromatic carbocycles. The summed E-state index contributed by atoms with van der Waals surface area (Å²) >= 11 is 0. The largest absolute Gasteiger partial charge is 0.424 e. The minimum atomic E-state index is -3.82. The zero-order chi connectivity index (χ0) is 23.8. The molecular weight excluding hydrogens is 431 g/mol. The van der Waals surface area contributed by atoms with E-state index in [9.17, 15) is 12.8 Å². The van der Waals surface area contributed by atoms with Crippen molar-refractivity contribution >= 4 is 10.0 Å². The molecule has 1 heterocycles. The Hall–Kier alpha value is -2.78. The molecule has 0 radical (unpaired) electrons. The minimum absolute atomic E-state index is 0.203. The summed E-state index contributed by atoms with van der Waals surface area (Å²) in [6.07, 6.45) is 0. The van der Waals surface area contributed by atoms with Gasteiger partial charge < -0.3 is 4.74 Å². The van der Waals surface area contributed by atoms with Crippen LogP contribution in [-0.4, -0.2) is 23.2 Å². The quantitative estimate of drug-likeness (QED) is 0.547. The summed E-state index contributed by atoms with van der Waals surface area (Å²) in [6.45, 7) is 13.6. The fraction of sp³-hybridized carbons (Fsp3) is 0.391. The van der Waals surface area contributed by atoms with Gasteiger partial charge >= 0.3 is 6.01 Å². The average Bonchev–Trinajstić information content (AvgIpc) is 3.14. The van der Waals surface area contributed by atoms with Gasteiger partial charge in [-0.05, 0) is 101 Å². The Labute approximate surface area is 188 Å². The van der Waals surface area contributed by atoms with Crippen LogP contribution in [0.2, 0.25) is 0 Å². The van der Waals surface area contributed by atoms with Crippen molar-refractivity contribution in [2.24, 2.45) is 0 Å². The van der Waals surface area contributed by atoms with Crippen LogP contribution in [0.15, 0.2) is 29.2 Å². The Morgan fingerprint density at radius 2 is 1.50 bits per heavy atom. The highest BCUT2D eigenvalue weighted by Crippen LogP contribution is 2.31.